The molecule has 0 fully saturated rings. The van der Waals surface area contributed by atoms with Crippen LogP contribution >= 0.6 is 12.4 Å². The molecule has 3 aromatic rings. The highest BCUT2D eigenvalue weighted by Gasteiger charge is 2.10. The number of nitrogens with zero attached hydrogens (tertiary/aromatic N) is 4. The van der Waals surface area contributed by atoms with Gasteiger partial charge in [-0.15, -0.1) is 12.4 Å². The van der Waals surface area contributed by atoms with Crippen molar-refractivity contribution in [3.8, 4) is 0 Å². The smallest absolute Gasteiger partial charge is 0.0897 e. The number of aromatic nitrogens is 2. The lowest BCUT2D eigenvalue weighted by Crippen LogP contribution is -2.25. The van der Waals surface area contributed by atoms with Crippen molar-refractivity contribution in [3.63, 3.8) is 0 Å². The third-order valence-corrected chi connectivity index (χ3v) is 6.69. The van der Waals surface area contributed by atoms with Crippen molar-refractivity contribution in [1.29, 1.82) is 0 Å². The van der Waals surface area contributed by atoms with Crippen LogP contribution in [0.1, 0.15) is 90.2 Å². The largest absolute Gasteiger partial charge is 0.299 e. The van der Waals surface area contributed by atoms with E-state index in [9.17, 15) is 0 Å². The fraction of sp³-hybridized carbons (Fsp3) is 0.600. The second kappa shape index (κ2) is 16.1. The molecule has 0 bridgehead atoms. The van der Waals surface area contributed by atoms with Crippen molar-refractivity contribution in [1.82, 2.24) is 19.8 Å². The number of halogens is 1. The second-order valence-electron chi connectivity index (χ2n) is 9.84. The van der Waals surface area contributed by atoms with Gasteiger partial charge in [-0.3, -0.25) is 9.80 Å². The van der Waals surface area contributed by atoms with Gasteiger partial charge in [0.2, 0.25) is 0 Å². The maximum Gasteiger partial charge on any atom is 0.0897 e. The Bertz CT molecular complexity index is 913. The molecule has 5 heteroatoms. The van der Waals surface area contributed by atoms with Gasteiger partial charge in [-0.1, -0.05) is 65.5 Å². The Balaban J connectivity index is 0.00000432. The molecule has 1 aromatic heterocycles. The minimum absolute atomic E-state index is 0. The van der Waals surface area contributed by atoms with E-state index >= 15 is 0 Å². The predicted octanol–water partition coefficient (Wildman–Crippen LogP) is 8.01. The molecule has 0 amide bonds. The minimum atomic E-state index is 0. The summed E-state index contributed by atoms with van der Waals surface area (Å²) in [6.07, 6.45) is 10.0. The average Bonchev–Trinajstić information content (AvgIpc) is 2.85. The van der Waals surface area contributed by atoms with Crippen LogP contribution in [-0.2, 0) is 13.1 Å². The number of fused-ring (bicyclic) bond motifs is 2. The van der Waals surface area contributed by atoms with Gasteiger partial charge < -0.3 is 0 Å². The first-order valence-corrected chi connectivity index (χ1v) is 13.8. The Morgan fingerprint density at radius 2 is 0.857 bits per heavy atom. The van der Waals surface area contributed by atoms with Gasteiger partial charge in [-0.05, 0) is 87.3 Å². The fourth-order valence-corrected chi connectivity index (χ4v) is 4.55. The maximum absolute atomic E-state index is 5.06. The first-order chi connectivity index (χ1) is 16.7. The van der Waals surface area contributed by atoms with Gasteiger partial charge >= 0.3 is 0 Å². The first kappa shape index (κ1) is 29.5. The molecule has 1 heterocycles. The van der Waals surface area contributed by atoms with Gasteiger partial charge in [0.1, 0.15) is 0 Å². The van der Waals surface area contributed by atoms with Crippen molar-refractivity contribution >= 4 is 34.5 Å². The zero-order valence-corrected chi connectivity index (χ0v) is 23.4. The van der Waals surface area contributed by atoms with E-state index in [-0.39, 0.29) is 12.4 Å². The molecule has 0 aliphatic carbocycles. The molecule has 0 saturated carbocycles. The van der Waals surface area contributed by atoms with Crippen LogP contribution in [0.4, 0.5) is 0 Å². The summed E-state index contributed by atoms with van der Waals surface area (Å²) in [5.41, 5.74) is 6.70. The summed E-state index contributed by atoms with van der Waals surface area (Å²) in [6.45, 7) is 15.8. The average molecular weight is 499 g/mol. The van der Waals surface area contributed by atoms with Gasteiger partial charge in [-0.25, -0.2) is 9.97 Å². The van der Waals surface area contributed by atoms with E-state index in [0.717, 1.165) is 35.2 Å². The Hall–Kier alpha value is -1.75. The lowest BCUT2D eigenvalue weighted by Gasteiger charge is -2.22. The number of hydrogen-bond donors (Lipinski definition) is 0. The zero-order chi connectivity index (χ0) is 24.2. The topological polar surface area (TPSA) is 32.3 Å². The molecule has 0 radical (unpaired) electrons. The monoisotopic (exact) mass is 498 g/mol. The van der Waals surface area contributed by atoms with Crippen LogP contribution in [0.3, 0.4) is 0 Å². The number of unbranched alkanes of at least 4 members (excludes halogenated alkanes) is 4. The molecule has 2 aromatic carbocycles. The predicted molar refractivity (Wildman–Crippen MR) is 154 cm³/mol. The molecule has 0 unspecified atom stereocenters. The van der Waals surface area contributed by atoms with Crippen LogP contribution in [0.15, 0.2) is 36.4 Å². The third-order valence-electron chi connectivity index (χ3n) is 6.69. The summed E-state index contributed by atoms with van der Waals surface area (Å²) in [5.74, 6) is 0. The first-order valence-electron chi connectivity index (χ1n) is 13.8. The highest BCUT2D eigenvalue weighted by molar-refractivity contribution is 5.86. The fourth-order valence-electron chi connectivity index (χ4n) is 4.55. The van der Waals surface area contributed by atoms with E-state index in [1.807, 2.05) is 0 Å². The molecule has 0 atom stereocenters. The molecule has 0 N–H and O–H groups in total. The Labute approximate surface area is 219 Å². The van der Waals surface area contributed by atoms with E-state index in [0.29, 0.717) is 0 Å². The summed E-state index contributed by atoms with van der Waals surface area (Å²) in [6, 6.07) is 13.3. The van der Waals surface area contributed by atoms with Gasteiger partial charge in [0.15, 0.2) is 0 Å². The van der Waals surface area contributed by atoms with E-state index in [1.54, 1.807) is 0 Å². The van der Waals surface area contributed by atoms with Crippen LogP contribution in [-0.4, -0.2) is 45.9 Å². The van der Waals surface area contributed by atoms with Crippen LogP contribution in [0.5, 0.6) is 0 Å². The number of hydrogen-bond acceptors (Lipinski definition) is 4. The van der Waals surface area contributed by atoms with Gasteiger partial charge in [0, 0.05) is 13.1 Å². The van der Waals surface area contributed by atoms with Crippen molar-refractivity contribution in [3.05, 3.63) is 47.5 Å². The molecule has 194 valence electrons. The summed E-state index contributed by atoms with van der Waals surface area (Å²) in [7, 11) is 0. The highest BCUT2D eigenvalue weighted by Crippen LogP contribution is 2.21. The molecule has 0 spiro atoms. The Morgan fingerprint density at radius 3 is 1.20 bits per heavy atom. The zero-order valence-electron chi connectivity index (χ0n) is 22.6. The van der Waals surface area contributed by atoms with Gasteiger partial charge in [0.05, 0.1) is 22.1 Å². The standard InChI is InChI=1S/C30H46N4.ClH/c1-5-9-17-33(18-10-6-2)23-25-13-15-27-29(21-25)32-30-22-26(14-16-28(30)31-27)24-34(19-11-7-3)20-12-8-4;/h13-16,21-22H,5-12,17-20,23-24H2,1-4H3;1H. The summed E-state index contributed by atoms with van der Waals surface area (Å²) >= 11 is 0. The van der Waals surface area contributed by atoms with Crippen molar-refractivity contribution in [2.24, 2.45) is 0 Å². The third kappa shape index (κ3) is 9.33. The normalized spacial score (nSPS) is 11.6. The highest BCUT2D eigenvalue weighted by atomic mass is 35.5. The SMILES string of the molecule is CCCCN(CCCC)Cc1ccc2nc3ccc(CN(CCCC)CCCC)cc3nc2c1.Cl. The van der Waals surface area contributed by atoms with Crippen LogP contribution in [0, 0.1) is 0 Å². The second-order valence-corrected chi connectivity index (χ2v) is 9.84. The van der Waals surface area contributed by atoms with Gasteiger partial charge in [0.25, 0.3) is 0 Å². The molecule has 0 aliphatic heterocycles. The molecule has 0 aliphatic rings. The number of rotatable bonds is 16. The summed E-state index contributed by atoms with van der Waals surface area (Å²) < 4.78 is 0. The molecular weight excluding hydrogens is 452 g/mol. The van der Waals surface area contributed by atoms with E-state index in [4.69, 9.17) is 9.97 Å². The molecule has 4 nitrogen and oxygen atoms in total. The van der Waals surface area contributed by atoms with Crippen LogP contribution in [0.25, 0.3) is 22.1 Å². The van der Waals surface area contributed by atoms with Crippen LogP contribution in [0.2, 0.25) is 0 Å². The molecule has 3 rings (SSSR count). The van der Waals surface area contributed by atoms with Crippen LogP contribution < -0.4 is 0 Å². The maximum atomic E-state index is 5.06. The van der Waals surface area contributed by atoms with Gasteiger partial charge in [-0.2, -0.15) is 0 Å². The number of benzene rings is 2. The minimum Gasteiger partial charge on any atom is -0.299 e. The van der Waals surface area contributed by atoms with Crippen molar-refractivity contribution in [2.75, 3.05) is 26.2 Å². The summed E-state index contributed by atoms with van der Waals surface area (Å²) in [4.78, 5) is 15.2. The lowest BCUT2D eigenvalue weighted by molar-refractivity contribution is 0.257. The molecule has 35 heavy (non-hydrogen) atoms. The van der Waals surface area contributed by atoms with Crippen molar-refractivity contribution in [2.45, 2.75) is 92.2 Å². The van der Waals surface area contributed by atoms with E-state index < -0.39 is 0 Å². The molecule has 0 saturated heterocycles. The summed E-state index contributed by atoms with van der Waals surface area (Å²) in [5, 5.41) is 0. The van der Waals surface area contributed by atoms with E-state index in [1.165, 1.54) is 88.7 Å². The Morgan fingerprint density at radius 1 is 0.514 bits per heavy atom. The van der Waals surface area contributed by atoms with E-state index in [2.05, 4.69) is 73.9 Å². The van der Waals surface area contributed by atoms with Crippen molar-refractivity contribution < 1.29 is 0 Å². The lowest BCUT2D eigenvalue weighted by atomic mass is 10.1. The Kier molecular flexibility index (Phi) is 13.5. The quantitative estimate of drug-likeness (QED) is 0.187. The molecular formula is C30H47ClN4.